The van der Waals surface area contributed by atoms with Crippen LogP contribution >= 0.6 is 11.6 Å². The number of aliphatic carboxylic acids is 1. The molecule has 0 radical (unpaired) electrons. The molecule has 0 aliphatic rings. The van der Waals surface area contributed by atoms with Crippen molar-refractivity contribution in [3.05, 3.63) is 28.8 Å². The fraction of sp³-hybridized carbons (Fsp3) is 0.500. The van der Waals surface area contributed by atoms with E-state index in [1.165, 1.54) is 6.07 Å². The molecule has 0 spiro atoms. The molecule has 1 aromatic carbocycles. The van der Waals surface area contributed by atoms with Crippen LogP contribution in [0.15, 0.2) is 18.2 Å². The molecule has 7 heteroatoms. The fourth-order valence-corrected chi connectivity index (χ4v) is 2.38. The zero-order valence-electron chi connectivity index (χ0n) is 15.0. The number of anilines is 1. The SMILES string of the molecule is CC(CCC(=O)O)NC(=O)c1cc(NC(=O)CC(C)(C)C)ccc1Cl. The molecule has 1 rings (SSSR count). The van der Waals surface area contributed by atoms with Crippen molar-refractivity contribution in [1.82, 2.24) is 5.32 Å². The van der Waals surface area contributed by atoms with Crippen molar-refractivity contribution in [1.29, 1.82) is 0 Å². The molecule has 0 fully saturated rings. The highest BCUT2D eigenvalue weighted by Gasteiger charge is 2.18. The van der Waals surface area contributed by atoms with Crippen LogP contribution in [0.3, 0.4) is 0 Å². The molecule has 0 aromatic heterocycles. The molecule has 0 aliphatic carbocycles. The quantitative estimate of drug-likeness (QED) is 0.683. The maximum absolute atomic E-state index is 12.3. The minimum Gasteiger partial charge on any atom is -0.481 e. The molecular weight excluding hydrogens is 344 g/mol. The largest absolute Gasteiger partial charge is 0.481 e. The van der Waals surface area contributed by atoms with E-state index in [4.69, 9.17) is 16.7 Å². The average Bonchev–Trinajstić information content (AvgIpc) is 2.45. The van der Waals surface area contributed by atoms with Gasteiger partial charge in [-0.3, -0.25) is 14.4 Å². The summed E-state index contributed by atoms with van der Waals surface area (Å²) in [4.78, 5) is 34.9. The first-order chi connectivity index (χ1) is 11.5. The van der Waals surface area contributed by atoms with E-state index in [9.17, 15) is 14.4 Å². The van der Waals surface area contributed by atoms with E-state index in [2.05, 4.69) is 10.6 Å². The first-order valence-corrected chi connectivity index (χ1v) is 8.48. The van der Waals surface area contributed by atoms with Gasteiger partial charge in [0.15, 0.2) is 0 Å². The van der Waals surface area contributed by atoms with Crippen LogP contribution in [0, 0.1) is 5.41 Å². The maximum Gasteiger partial charge on any atom is 0.303 e. The Labute approximate surface area is 152 Å². The van der Waals surface area contributed by atoms with Crippen LogP contribution in [0.2, 0.25) is 5.02 Å². The molecule has 0 aliphatic heterocycles. The molecule has 25 heavy (non-hydrogen) atoms. The van der Waals surface area contributed by atoms with E-state index in [-0.39, 0.29) is 34.4 Å². The number of carbonyl (C=O) groups is 3. The molecule has 2 amide bonds. The van der Waals surface area contributed by atoms with Crippen molar-refractivity contribution in [2.24, 2.45) is 5.41 Å². The Bertz CT molecular complexity index is 653. The standard InChI is InChI=1S/C18H25ClN2O4/c1-11(5-8-16(23)24)20-17(25)13-9-12(6-7-14(13)19)21-15(22)10-18(2,3)4/h6-7,9,11H,5,8,10H2,1-4H3,(H,20,25)(H,21,22)(H,23,24). The van der Waals surface area contributed by atoms with Crippen LogP contribution in [0.5, 0.6) is 0 Å². The van der Waals surface area contributed by atoms with Crippen molar-refractivity contribution in [3.63, 3.8) is 0 Å². The number of benzene rings is 1. The van der Waals surface area contributed by atoms with E-state index >= 15 is 0 Å². The summed E-state index contributed by atoms with van der Waals surface area (Å²) in [5, 5.41) is 14.4. The van der Waals surface area contributed by atoms with Gasteiger partial charge in [-0.05, 0) is 37.0 Å². The predicted molar refractivity (Wildman–Crippen MR) is 98.0 cm³/mol. The van der Waals surface area contributed by atoms with Crippen LogP contribution in [0.25, 0.3) is 0 Å². The van der Waals surface area contributed by atoms with Crippen LogP contribution < -0.4 is 10.6 Å². The Balaban J connectivity index is 2.78. The molecule has 0 heterocycles. The number of hydrogen-bond donors (Lipinski definition) is 3. The van der Waals surface area contributed by atoms with Gasteiger partial charge >= 0.3 is 5.97 Å². The maximum atomic E-state index is 12.3. The fourth-order valence-electron chi connectivity index (χ4n) is 2.18. The highest BCUT2D eigenvalue weighted by atomic mass is 35.5. The van der Waals surface area contributed by atoms with E-state index in [0.29, 0.717) is 18.5 Å². The van der Waals surface area contributed by atoms with Gasteiger partial charge in [0, 0.05) is 24.6 Å². The highest BCUT2D eigenvalue weighted by Crippen LogP contribution is 2.23. The molecule has 138 valence electrons. The Morgan fingerprint density at radius 3 is 2.44 bits per heavy atom. The molecular formula is C18H25ClN2O4. The summed E-state index contributed by atoms with van der Waals surface area (Å²) in [6.07, 6.45) is 0.641. The molecule has 0 saturated heterocycles. The van der Waals surface area contributed by atoms with Gasteiger partial charge < -0.3 is 15.7 Å². The summed E-state index contributed by atoms with van der Waals surface area (Å²) < 4.78 is 0. The van der Waals surface area contributed by atoms with Gasteiger partial charge in [-0.2, -0.15) is 0 Å². The second-order valence-electron chi connectivity index (χ2n) is 7.29. The number of carboxylic acid groups (broad SMARTS) is 1. The lowest BCUT2D eigenvalue weighted by molar-refractivity contribution is -0.137. The number of halogens is 1. The van der Waals surface area contributed by atoms with Crippen molar-refractivity contribution in [2.75, 3.05) is 5.32 Å². The minimum atomic E-state index is -0.914. The Kier molecular flexibility index (Phi) is 7.42. The Hall–Kier alpha value is -2.08. The second kappa shape index (κ2) is 8.85. The van der Waals surface area contributed by atoms with Crippen molar-refractivity contribution >= 4 is 35.1 Å². The van der Waals surface area contributed by atoms with Gasteiger partial charge in [-0.25, -0.2) is 0 Å². The van der Waals surface area contributed by atoms with Gasteiger partial charge in [0.25, 0.3) is 5.91 Å². The molecule has 0 saturated carbocycles. The number of rotatable bonds is 7. The molecule has 1 atom stereocenters. The lowest BCUT2D eigenvalue weighted by Gasteiger charge is -2.18. The summed E-state index contributed by atoms with van der Waals surface area (Å²) >= 11 is 6.08. The summed E-state index contributed by atoms with van der Waals surface area (Å²) in [6, 6.07) is 4.39. The van der Waals surface area contributed by atoms with E-state index in [0.717, 1.165) is 0 Å². The number of amides is 2. The van der Waals surface area contributed by atoms with Crippen LogP contribution in [0.1, 0.15) is 57.3 Å². The topological polar surface area (TPSA) is 95.5 Å². The lowest BCUT2D eigenvalue weighted by Crippen LogP contribution is -2.33. The predicted octanol–water partition coefficient (Wildman–Crippen LogP) is 3.70. The average molecular weight is 369 g/mol. The van der Waals surface area contributed by atoms with Crippen molar-refractivity contribution in [2.45, 2.75) is 53.0 Å². The highest BCUT2D eigenvalue weighted by molar-refractivity contribution is 6.34. The number of hydrogen-bond acceptors (Lipinski definition) is 3. The third-order valence-corrected chi connectivity index (χ3v) is 3.68. The summed E-state index contributed by atoms with van der Waals surface area (Å²) in [5.41, 5.74) is 0.579. The third kappa shape index (κ3) is 8.03. The molecule has 3 N–H and O–H groups in total. The van der Waals surface area contributed by atoms with E-state index < -0.39 is 11.9 Å². The van der Waals surface area contributed by atoms with Crippen LogP contribution in [-0.2, 0) is 9.59 Å². The first kappa shape index (κ1) is 21.0. The Morgan fingerprint density at radius 2 is 1.88 bits per heavy atom. The monoisotopic (exact) mass is 368 g/mol. The molecule has 0 bridgehead atoms. The first-order valence-electron chi connectivity index (χ1n) is 8.10. The van der Waals surface area contributed by atoms with Gasteiger partial charge in [0.1, 0.15) is 0 Å². The Morgan fingerprint density at radius 1 is 1.24 bits per heavy atom. The van der Waals surface area contributed by atoms with Gasteiger partial charge in [0.2, 0.25) is 5.91 Å². The number of nitrogens with one attached hydrogen (secondary N) is 2. The van der Waals surface area contributed by atoms with Crippen molar-refractivity contribution < 1.29 is 19.5 Å². The van der Waals surface area contributed by atoms with Gasteiger partial charge in [-0.15, -0.1) is 0 Å². The smallest absolute Gasteiger partial charge is 0.303 e. The zero-order valence-corrected chi connectivity index (χ0v) is 15.7. The van der Waals surface area contributed by atoms with Crippen LogP contribution in [-0.4, -0.2) is 28.9 Å². The van der Waals surface area contributed by atoms with Crippen molar-refractivity contribution in [3.8, 4) is 0 Å². The van der Waals surface area contributed by atoms with Gasteiger partial charge in [0.05, 0.1) is 10.6 Å². The number of carbonyl (C=O) groups excluding carboxylic acids is 2. The second-order valence-corrected chi connectivity index (χ2v) is 7.69. The normalized spacial score (nSPS) is 12.4. The third-order valence-electron chi connectivity index (χ3n) is 3.35. The molecule has 6 nitrogen and oxygen atoms in total. The lowest BCUT2D eigenvalue weighted by atomic mass is 9.92. The molecule has 1 unspecified atom stereocenters. The number of carboxylic acids is 1. The van der Waals surface area contributed by atoms with Crippen LogP contribution in [0.4, 0.5) is 5.69 Å². The summed E-state index contributed by atoms with van der Waals surface area (Å²) in [6.45, 7) is 7.62. The zero-order chi connectivity index (χ0) is 19.2. The summed E-state index contributed by atoms with van der Waals surface area (Å²) in [5.74, 6) is -1.46. The van der Waals surface area contributed by atoms with E-state index in [1.54, 1.807) is 19.1 Å². The summed E-state index contributed by atoms with van der Waals surface area (Å²) in [7, 11) is 0. The van der Waals surface area contributed by atoms with Gasteiger partial charge in [-0.1, -0.05) is 32.4 Å². The molecule has 1 aromatic rings. The van der Waals surface area contributed by atoms with E-state index in [1.807, 2.05) is 20.8 Å². The minimum absolute atomic E-state index is 0.0297.